The lowest BCUT2D eigenvalue weighted by Crippen LogP contribution is -2.37. The summed E-state index contributed by atoms with van der Waals surface area (Å²) in [4.78, 5) is 31.6. The second kappa shape index (κ2) is 10.8. The van der Waals surface area contributed by atoms with Crippen LogP contribution in [0.5, 0.6) is 5.75 Å². The normalized spacial score (nSPS) is 16.1. The minimum absolute atomic E-state index is 0.00695. The smallest absolute Gasteiger partial charge is 0.226 e. The van der Waals surface area contributed by atoms with Gasteiger partial charge >= 0.3 is 0 Å². The average Bonchev–Trinajstić information content (AvgIpc) is 3.02. The molecule has 1 saturated heterocycles. The number of aryl methyl sites for hydroxylation is 1. The summed E-state index contributed by atoms with van der Waals surface area (Å²) < 4.78 is 5.80. The van der Waals surface area contributed by atoms with Crippen LogP contribution in [0.2, 0.25) is 0 Å². The fourth-order valence-corrected chi connectivity index (χ4v) is 4.18. The summed E-state index contributed by atoms with van der Waals surface area (Å²) in [6.07, 6.45) is 4.38. The minimum atomic E-state index is -0.309. The van der Waals surface area contributed by atoms with Gasteiger partial charge in [0.25, 0.3) is 0 Å². The van der Waals surface area contributed by atoms with E-state index in [4.69, 9.17) is 4.74 Å². The predicted octanol–water partition coefficient (Wildman–Crippen LogP) is 3.64. The number of nitrogens with zero attached hydrogens (tertiary/aromatic N) is 2. The molecule has 2 amide bonds. The minimum Gasteiger partial charge on any atom is -0.493 e. The highest BCUT2D eigenvalue weighted by Gasteiger charge is 2.28. The van der Waals surface area contributed by atoms with Crippen LogP contribution in [0.1, 0.15) is 17.5 Å². The van der Waals surface area contributed by atoms with Crippen LogP contribution in [0.3, 0.4) is 0 Å². The first kappa shape index (κ1) is 22.5. The van der Waals surface area contributed by atoms with Crippen molar-refractivity contribution in [3.8, 4) is 16.9 Å². The van der Waals surface area contributed by atoms with Crippen molar-refractivity contribution in [1.82, 2.24) is 15.2 Å². The Bertz CT molecular complexity index is 1100. The Hall–Kier alpha value is -3.67. The molecule has 1 aliphatic heterocycles. The van der Waals surface area contributed by atoms with E-state index in [1.807, 2.05) is 55.5 Å². The summed E-state index contributed by atoms with van der Waals surface area (Å²) in [5, 5.41) is 2.97. The molecule has 0 radical (unpaired) electrons. The molecule has 4 rings (SSSR count). The van der Waals surface area contributed by atoms with Crippen LogP contribution in [0.4, 0.5) is 0 Å². The first-order valence-electron chi connectivity index (χ1n) is 11.3. The predicted molar refractivity (Wildman–Crippen MR) is 128 cm³/mol. The molecule has 0 aliphatic carbocycles. The fourth-order valence-electron chi connectivity index (χ4n) is 4.18. The number of carbonyl (C=O) groups is 2. The van der Waals surface area contributed by atoms with Gasteiger partial charge in [0.2, 0.25) is 11.8 Å². The molecule has 170 valence electrons. The third-order valence-corrected chi connectivity index (χ3v) is 5.99. The average molecular weight is 444 g/mol. The molecule has 3 aromatic rings. The van der Waals surface area contributed by atoms with Crippen LogP contribution in [0.15, 0.2) is 73.1 Å². The van der Waals surface area contributed by atoms with Crippen LogP contribution in [-0.4, -0.2) is 47.9 Å². The molecular formula is C27H29N3O3. The van der Waals surface area contributed by atoms with Crippen molar-refractivity contribution in [3.63, 3.8) is 0 Å². The molecule has 33 heavy (non-hydrogen) atoms. The third kappa shape index (κ3) is 5.77. The van der Waals surface area contributed by atoms with Crippen molar-refractivity contribution in [2.75, 3.05) is 26.2 Å². The number of hydrogen-bond acceptors (Lipinski definition) is 4. The van der Waals surface area contributed by atoms with Crippen molar-refractivity contribution >= 4 is 11.8 Å². The maximum atomic E-state index is 12.9. The summed E-state index contributed by atoms with van der Waals surface area (Å²) in [6, 6.07) is 19.8. The molecule has 6 heteroatoms. The van der Waals surface area contributed by atoms with Crippen molar-refractivity contribution in [2.45, 2.75) is 19.8 Å². The standard InChI is InChI=1S/C27H29N3O3/c1-20-6-2-5-9-25(20)33-17-12-26(31)30-16-15-29-27(32)23(19-30)18-22-7-3-4-8-24(22)21-10-13-28-14-11-21/h2-11,13-14,23H,12,15-19H2,1H3,(H,29,32)/t23-/m0/s1. The molecule has 1 aliphatic rings. The number of amides is 2. The number of hydrogen-bond donors (Lipinski definition) is 1. The summed E-state index contributed by atoms with van der Waals surface area (Å²) in [5.74, 6) is 0.485. The van der Waals surface area contributed by atoms with E-state index in [1.165, 1.54) is 0 Å². The van der Waals surface area contributed by atoms with E-state index in [2.05, 4.69) is 22.4 Å². The third-order valence-electron chi connectivity index (χ3n) is 5.99. The van der Waals surface area contributed by atoms with Gasteiger partial charge in [-0.3, -0.25) is 14.6 Å². The number of para-hydroxylation sites is 1. The highest BCUT2D eigenvalue weighted by atomic mass is 16.5. The lowest BCUT2D eigenvalue weighted by Gasteiger charge is -2.24. The zero-order valence-corrected chi connectivity index (χ0v) is 18.9. The number of nitrogens with one attached hydrogen (secondary N) is 1. The number of ether oxygens (including phenoxy) is 1. The molecule has 2 heterocycles. The number of aromatic nitrogens is 1. The van der Waals surface area contributed by atoms with Gasteiger partial charge in [-0.1, -0.05) is 42.5 Å². The summed E-state index contributed by atoms with van der Waals surface area (Å²) in [6.45, 7) is 3.68. The molecule has 1 aromatic heterocycles. The zero-order valence-electron chi connectivity index (χ0n) is 18.9. The lowest BCUT2D eigenvalue weighted by atomic mass is 9.92. The largest absolute Gasteiger partial charge is 0.493 e. The Morgan fingerprint density at radius 1 is 1.09 bits per heavy atom. The zero-order chi connectivity index (χ0) is 23.0. The highest BCUT2D eigenvalue weighted by molar-refractivity contribution is 5.82. The summed E-state index contributed by atoms with van der Waals surface area (Å²) in [7, 11) is 0. The summed E-state index contributed by atoms with van der Waals surface area (Å²) in [5.41, 5.74) is 4.28. The van der Waals surface area contributed by atoms with Crippen molar-refractivity contribution < 1.29 is 14.3 Å². The number of pyridine rings is 1. The van der Waals surface area contributed by atoms with Crippen molar-refractivity contribution in [2.24, 2.45) is 5.92 Å². The highest BCUT2D eigenvalue weighted by Crippen LogP contribution is 2.26. The van der Waals surface area contributed by atoms with E-state index >= 15 is 0 Å². The maximum absolute atomic E-state index is 12.9. The first-order valence-corrected chi connectivity index (χ1v) is 11.3. The number of benzene rings is 2. The molecule has 0 spiro atoms. The summed E-state index contributed by atoms with van der Waals surface area (Å²) >= 11 is 0. The molecular weight excluding hydrogens is 414 g/mol. The van der Waals surface area contributed by atoms with Crippen LogP contribution < -0.4 is 10.1 Å². The van der Waals surface area contributed by atoms with Crippen molar-refractivity contribution in [3.05, 3.63) is 84.2 Å². The quantitative estimate of drug-likeness (QED) is 0.605. The first-order chi connectivity index (χ1) is 16.1. The van der Waals surface area contributed by atoms with Gasteiger partial charge in [0.15, 0.2) is 0 Å². The molecule has 6 nitrogen and oxygen atoms in total. The Kier molecular flexibility index (Phi) is 7.35. The van der Waals surface area contributed by atoms with Gasteiger partial charge in [0.05, 0.1) is 18.9 Å². The maximum Gasteiger partial charge on any atom is 0.226 e. The Balaban J connectivity index is 1.42. The van der Waals surface area contributed by atoms with Crippen LogP contribution in [0.25, 0.3) is 11.1 Å². The van der Waals surface area contributed by atoms with E-state index in [1.54, 1.807) is 17.3 Å². The molecule has 1 atom stereocenters. The second-order valence-electron chi connectivity index (χ2n) is 8.29. The van der Waals surface area contributed by atoms with E-state index in [0.717, 1.165) is 28.0 Å². The van der Waals surface area contributed by atoms with E-state index in [-0.39, 0.29) is 24.2 Å². The van der Waals surface area contributed by atoms with Crippen LogP contribution >= 0.6 is 0 Å². The molecule has 2 aromatic carbocycles. The topological polar surface area (TPSA) is 71.5 Å². The van der Waals surface area contributed by atoms with Gasteiger partial charge in [-0.2, -0.15) is 0 Å². The van der Waals surface area contributed by atoms with Gasteiger partial charge in [-0.15, -0.1) is 0 Å². The molecule has 1 fully saturated rings. The van der Waals surface area contributed by atoms with Gasteiger partial charge in [-0.25, -0.2) is 0 Å². The van der Waals surface area contributed by atoms with Crippen LogP contribution in [0, 0.1) is 12.8 Å². The second-order valence-corrected chi connectivity index (χ2v) is 8.29. The van der Waals surface area contributed by atoms with E-state index < -0.39 is 0 Å². The Morgan fingerprint density at radius 3 is 2.67 bits per heavy atom. The Labute approximate surface area is 194 Å². The number of carbonyl (C=O) groups excluding carboxylic acids is 2. The molecule has 0 bridgehead atoms. The van der Waals surface area contributed by atoms with E-state index in [0.29, 0.717) is 32.7 Å². The van der Waals surface area contributed by atoms with Gasteiger partial charge < -0.3 is 15.0 Å². The fraction of sp³-hybridized carbons (Fsp3) is 0.296. The molecule has 1 N–H and O–H groups in total. The molecule has 0 saturated carbocycles. The monoisotopic (exact) mass is 443 g/mol. The van der Waals surface area contributed by atoms with Crippen LogP contribution in [-0.2, 0) is 16.0 Å². The molecule has 0 unspecified atom stereocenters. The van der Waals surface area contributed by atoms with Gasteiger partial charge in [0.1, 0.15) is 5.75 Å². The van der Waals surface area contributed by atoms with Crippen molar-refractivity contribution in [1.29, 1.82) is 0 Å². The Morgan fingerprint density at radius 2 is 1.85 bits per heavy atom. The number of rotatable bonds is 7. The lowest BCUT2D eigenvalue weighted by molar-refractivity contribution is -0.132. The van der Waals surface area contributed by atoms with Gasteiger partial charge in [0, 0.05) is 32.0 Å². The SMILES string of the molecule is Cc1ccccc1OCCC(=O)N1CCNC(=O)[C@@H](Cc2ccccc2-c2ccncc2)C1. The van der Waals surface area contributed by atoms with E-state index in [9.17, 15) is 9.59 Å². The van der Waals surface area contributed by atoms with Gasteiger partial charge in [-0.05, 0) is 53.8 Å².